The van der Waals surface area contributed by atoms with Crippen LogP contribution in [0.2, 0.25) is 0 Å². The molecule has 1 atom stereocenters. The van der Waals surface area contributed by atoms with Crippen LogP contribution < -0.4 is 5.73 Å². The highest BCUT2D eigenvalue weighted by Gasteiger charge is 2.09. The molecule has 0 saturated carbocycles. The lowest BCUT2D eigenvalue weighted by molar-refractivity contribution is 0.541. The van der Waals surface area contributed by atoms with Crippen LogP contribution in [-0.4, -0.2) is 15.6 Å². The number of aromatic nitrogens is 2. The summed E-state index contributed by atoms with van der Waals surface area (Å²) in [6.45, 7) is 2.90. The van der Waals surface area contributed by atoms with Crippen LogP contribution in [0.3, 0.4) is 0 Å². The van der Waals surface area contributed by atoms with E-state index < -0.39 is 0 Å². The van der Waals surface area contributed by atoms with Crippen LogP contribution in [-0.2, 0) is 6.54 Å². The largest absolute Gasteiger partial charge is 0.329 e. The van der Waals surface area contributed by atoms with E-state index in [9.17, 15) is 0 Å². The molecule has 2 N–H and O–H groups in total. The van der Waals surface area contributed by atoms with Gasteiger partial charge in [-0.3, -0.25) is 0 Å². The van der Waals surface area contributed by atoms with Gasteiger partial charge < -0.3 is 10.3 Å². The van der Waals surface area contributed by atoms with E-state index >= 15 is 0 Å². The summed E-state index contributed by atoms with van der Waals surface area (Å²) < 4.78 is 3.18. The lowest BCUT2D eigenvalue weighted by Gasteiger charge is -2.13. The normalized spacial score (nSPS) is 12.6. The van der Waals surface area contributed by atoms with Gasteiger partial charge in [-0.1, -0.05) is 41.1 Å². The highest BCUT2D eigenvalue weighted by molar-refractivity contribution is 9.10. The predicted octanol–water partition coefficient (Wildman–Crippen LogP) is 3.05. The fourth-order valence-corrected chi connectivity index (χ4v) is 2.23. The van der Waals surface area contributed by atoms with E-state index in [0.717, 1.165) is 28.7 Å². The van der Waals surface area contributed by atoms with Crippen LogP contribution in [0.25, 0.3) is 11.3 Å². The van der Waals surface area contributed by atoms with E-state index in [1.807, 2.05) is 30.7 Å². The van der Waals surface area contributed by atoms with Gasteiger partial charge in [0.2, 0.25) is 0 Å². The second kappa shape index (κ2) is 5.47. The van der Waals surface area contributed by atoms with Crippen molar-refractivity contribution in [2.75, 3.05) is 0 Å². The van der Waals surface area contributed by atoms with Gasteiger partial charge in [-0.2, -0.15) is 0 Å². The summed E-state index contributed by atoms with van der Waals surface area (Å²) in [7, 11) is 0. The van der Waals surface area contributed by atoms with Crippen molar-refractivity contribution in [1.82, 2.24) is 9.55 Å². The Morgan fingerprint density at radius 1 is 1.41 bits per heavy atom. The molecule has 90 valence electrons. The van der Waals surface area contributed by atoms with Crippen molar-refractivity contribution in [2.45, 2.75) is 25.9 Å². The number of nitrogens with zero attached hydrogens (tertiary/aromatic N) is 2. The highest BCUT2D eigenvalue weighted by Crippen LogP contribution is 2.27. The monoisotopic (exact) mass is 293 g/mol. The van der Waals surface area contributed by atoms with E-state index in [0.29, 0.717) is 0 Å². The number of benzene rings is 1. The summed E-state index contributed by atoms with van der Waals surface area (Å²) in [6.07, 6.45) is 4.68. The van der Waals surface area contributed by atoms with E-state index in [2.05, 4.69) is 38.5 Å². The summed E-state index contributed by atoms with van der Waals surface area (Å²) in [6, 6.07) is 8.32. The first-order valence-electron chi connectivity index (χ1n) is 5.73. The lowest BCUT2D eigenvalue weighted by atomic mass is 10.1. The number of nitrogens with two attached hydrogens (primary N) is 1. The van der Waals surface area contributed by atoms with Gasteiger partial charge in [0.25, 0.3) is 0 Å². The molecule has 1 aromatic carbocycles. The summed E-state index contributed by atoms with van der Waals surface area (Å²) in [5.41, 5.74) is 8.23. The third kappa shape index (κ3) is 2.76. The zero-order chi connectivity index (χ0) is 12.3. The number of hydrogen-bond donors (Lipinski definition) is 1. The van der Waals surface area contributed by atoms with Crippen LogP contribution in [0.4, 0.5) is 0 Å². The molecule has 0 radical (unpaired) electrons. The van der Waals surface area contributed by atoms with Gasteiger partial charge in [-0.15, -0.1) is 0 Å². The van der Waals surface area contributed by atoms with Crippen LogP contribution in [0.5, 0.6) is 0 Å². The zero-order valence-electron chi connectivity index (χ0n) is 9.81. The van der Waals surface area contributed by atoms with E-state index in [4.69, 9.17) is 5.73 Å². The molecule has 0 saturated heterocycles. The zero-order valence-corrected chi connectivity index (χ0v) is 11.4. The number of halogens is 1. The predicted molar refractivity (Wildman–Crippen MR) is 73.6 cm³/mol. The molecule has 1 unspecified atom stereocenters. The molecule has 2 rings (SSSR count). The quantitative estimate of drug-likeness (QED) is 0.942. The first-order valence-corrected chi connectivity index (χ1v) is 6.52. The Bertz CT molecular complexity index is 493. The molecule has 3 nitrogen and oxygen atoms in total. The highest BCUT2D eigenvalue weighted by atomic mass is 79.9. The smallest absolute Gasteiger partial charge is 0.0951 e. The van der Waals surface area contributed by atoms with E-state index in [1.165, 1.54) is 0 Å². The number of hydrogen-bond acceptors (Lipinski definition) is 2. The van der Waals surface area contributed by atoms with E-state index in [-0.39, 0.29) is 6.04 Å². The Balaban J connectivity index is 2.34. The molecule has 0 aliphatic heterocycles. The number of imidazole rings is 1. The molecule has 0 aliphatic rings. The first-order chi connectivity index (χ1) is 8.22. The minimum atomic E-state index is 0.172. The Morgan fingerprint density at radius 2 is 2.18 bits per heavy atom. The molecule has 1 aromatic heterocycles. The Kier molecular flexibility index (Phi) is 3.97. The van der Waals surface area contributed by atoms with E-state index in [1.54, 1.807) is 0 Å². The third-order valence-corrected chi connectivity index (χ3v) is 3.51. The minimum absolute atomic E-state index is 0.172. The summed E-state index contributed by atoms with van der Waals surface area (Å²) in [5.74, 6) is 0. The molecular formula is C13H16BrN3. The van der Waals surface area contributed by atoms with Crippen molar-refractivity contribution in [3.63, 3.8) is 0 Å². The maximum atomic E-state index is 5.99. The molecule has 17 heavy (non-hydrogen) atoms. The Labute approximate surface area is 110 Å². The van der Waals surface area contributed by atoms with Crippen LogP contribution in [0, 0.1) is 0 Å². The van der Waals surface area contributed by atoms with Crippen molar-refractivity contribution in [1.29, 1.82) is 0 Å². The fraction of sp³-hybridized carbons (Fsp3) is 0.308. The topological polar surface area (TPSA) is 43.8 Å². The van der Waals surface area contributed by atoms with Crippen molar-refractivity contribution in [3.05, 3.63) is 41.3 Å². The molecule has 2 aromatic rings. The maximum Gasteiger partial charge on any atom is 0.0951 e. The van der Waals surface area contributed by atoms with Crippen LogP contribution in [0.1, 0.15) is 13.3 Å². The average Bonchev–Trinajstić information content (AvgIpc) is 2.77. The first kappa shape index (κ1) is 12.3. The SMILES string of the molecule is CCC(N)Cn1cncc1-c1ccccc1Br. The van der Waals surface area contributed by atoms with Crippen molar-refractivity contribution in [2.24, 2.45) is 5.73 Å². The van der Waals surface area contributed by atoms with Gasteiger partial charge in [0.05, 0.1) is 18.2 Å². The van der Waals surface area contributed by atoms with Crippen molar-refractivity contribution >= 4 is 15.9 Å². The van der Waals surface area contributed by atoms with Gasteiger partial charge in [-0.25, -0.2) is 4.98 Å². The minimum Gasteiger partial charge on any atom is -0.329 e. The molecule has 0 fully saturated rings. The average molecular weight is 294 g/mol. The molecule has 0 amide bonds. The molecule has 0 aliphatic carbocycles. The van der Waals surface area contributed by atoms with Crippen LogP contribution in [0.15, 0.2) is 41.3 Å². The van der Waals surface area contributed by atoms with Crippen LogP contribution >= 0.6 is 15.9 Å². The molecule has 0 spiro atoms. The molecule has 0 bridgehead atoms. The maximum absolute atomic E-state index is 5.99. The fourth-order valence-electron chi connectivity index (χ4n) is 1.74. The lowest BCUT2D eigenvalue weighted by Crippen LogP contribution is -2.25. The van der Waals surface area contributed by atoms with Gasteiger partial charge >= 0.3 is 0 Å². The molecule has 4 heteroatoms. The summed E-state index contributed by atoms with van der Waals surface area (Å²) >= 11 is 3.56. The van der Waals surface area contributed by atoms with Crippen molar-refractivity contribution in [3.8, 4) is 11.3 Å². The van der Waals surface area contributed by atoms with Crippen molar-refractivity contribution < 1.29 is 0 Å². The second-order valence-electron chi connectivity index (χ2n) is 4.08. The molecular weight excluding hydrogens is 278 g/mol. The van der Waals surface area contributed by atoms with Gasteiger partial charge in [-0.05, 0) is 12.5 Å². The Hall–Kier alpha value is -1.13. The standard InChI is InChI=1S/C13H16BrN3/c1-2-10(15)8-17-9-16-7-13(17)11-5-3-4-6-12(11)14/h3-7,9-10H,2,8,15H2,1H3. The summed E-state index contributed by atoms with van der Waals surface area (Å²) in [5, 5.41) is 0. The Morgan fingerprint density at radius 3 is 2.88 bits per heavy atom. The summed E-state index contributed by atoms with van der Waals surface area (Å²) in [4.78, 5) is 4.21. The van der Waals surface area contributed by atoms with Gasteiger partial charge in [0, 0.05) is 22.6 Å². The third-order valence-electron chi connectivity index (χ3n) is 2.82. The second-order valence-corrected chi connectivity index (χ2v) is 4.93. The van der Waals surface area contributed by atoms with Gasteiger partial charge in [0.15, 0.2) is 0 Å². The number of rotatable bonds is 4. The van der Waals surface area contributed by atoms with Gasteiger partial charge in [0.1, 0.15) is 0 Å². The molecule has 1 heterocycles.